The van der Waals surface area contributed by atoms with Crippen LogP contribution in [-0.4, -0.2) is 50.8 Å². The van der Waals surface area contributed by atoms with Gasteiger partial charge in [-0.05, 0) is 47.4 Å². The van der Waals surface area contributed by atoms with E-state index in [1.165, 1.54) is 5.56 Å². The number of hydrogen-bond acceptors (Lipinski definition) is 4. The van der Waals surface area contributed by atoms with Gasteiger partial charge in [-0.3, -0.25) is 0 Å². The molecule has 2 amide bonds. The molecule has 1 unspecified atom stereocenters. The Balaban J connectivity index is 1.37. The fourth-order valence-electron chi connectivity index (χ4n) is 3.64. The van der Waals surface area contributed by atoms with Crippen molar-refractivity contribution in [1.82, 2.24) is 30.4 Å². The highest BCUT2D eigenvalue weighted by molar-refractivity contribution is 5.74. The van der Waals surface area contributed by atoms with E-state index in [0.717, 1.165) is 37.3 Å². The number of carbonyl (C=O) groups excluding carboxylic acids is 1. The van der Waals surface area contributed by atoms with Gasteiger partial charge in [0.15, 0.2) is 5.82 Å². The van der Waals surface area contributed by atoms with Gasteiger partial charge in [0.1, 0.15) is 0 Å². The van der Waals surface area contributed by atoms with Gasteiger partial charge in [0.05, 0.1) is 5.69 Å². The summed E-state index contributed by atoms with van der Waals surface area (Å²) in [6.45, 7) is 2.02. The lowest BCUT2D eigenvalue weighted by atomic mass is 9.97. The van der Waals surface area contributed by atoms with Gasteiger partial charge in [-0.25, -0.2) is 4.79 Å². The highest BCUT2D eigenvalue weighted by Crippen LogP contribution is 2.26. The molecule has 1 atom stereocenters. The lowest BCUT2D eigenvalue weighted by Crippen LogP contribution is -2.45. The molecular formula is C21H24N6O. The Hall–Kier alpha value is -3.22. The maximum atomic E-state index is 12.6. The average Bonchev–Trinajstić information content (AvgIpc) is 3.25. The van der Waals surface area contributed by atoms with E-state index in [4.69, 9.17) is 0 Å². The summed E-state index contributed by atoms with van der Waals surface area (Å²) in [5.74, 6) is 0.941. The van der Waals surface area contributed by atoms with Crippen LogP contribution in [0.4, 0.5) is 4.79 Å². The van der Waals surface area contributed by atoms with Crippen molar-refractivity contribution in [3.8, 4) is 5.69 Å². The zero-order chi connectivity index (χ0) is 19.2. The second kappa shape index (κ2) is 8.65. The monoisotopic (exact) mass is 376 g/mol. The van der Waals surface area contributed by atoms with Gasteiger partial charge < -0.3 is 10.2 Å². The van der Waals surface area contributed by atoms with Crippen LogP contribution in [0.15, 0.2) is 60.7 Å². The van der Waals surface area contributed by atoms with Crippen LogP contribution in [0.2, 0.25) is 0 Å². The van der Waals surface area contributed by atoms with Crippen molar-refractivity contribution in [2.45, 2.75) is 25.2 Å². The molecule has 28 heavy (non-hydrogen) atoms. The van der Waals surface area contributed by atoms with E-state index in [-0.39, 0.29) is 11.9 Å². The van der Waals surface area contributed by atoms with Crippen molar-refractivity contribution in [1.29, 1.82) is 0 Å². The van der Waals surface area contributed by atoms with Crippen LogP contribution in [0.1, 0.15) is 30.1 Å². The summed E-state index contributed by atoms with van der Waals surface area (Å²) in [7, 11) is 0. The summed E-state index contributed by atoms with van der Waals surface area (Å²) in [5, 5.41) is 15.3. The van der Waals surface area contributed by atoms with E-state index >= 15 is 0 Å². The van der Waals surface area contributed by atoms with Crippen LogP contribution in [-0.2, 0) is 6.42 Å². The first kappa shape index (κ1) is 18.2. The van der Waals surface area contributed by atoms with Crippen LogP contribution in [0.3, 0.4) is 0 Å². The number of aromatic nitrogens is 4. The summed E-state index contributed by atoms with van der Waals surface area (Å²) < 4.78 is 1.78. The quantitative estimate of drug-likeness (QED) is 0.743. The number of carbonyl (C=O) groups is 1. The Labute approximate surface area is 164 Å². The van der Waals surface area contributed by atoms with Crippen molar-refractivity contribution in [3.63, 3.8) is 0 Å². The number of urea groups is 1. The molecule has 1 N–H and O–H groups in total. The molecule has 2 heterocycles. The molecule has 7 nitrogen and oxygen atoms in total. The molecule has 3 aromatic rings. The molecule has 1 saturated heterocycles. The first-order valence-corrected chi connectivity index (χ1v) is 9.71. The molecular weight excluding hydrogens is 352 g/mol. The lowest BCUT2D eigenvalue weighted by Gasteiger charge is -2.32. The van der Waals surface area contributed by atoms with Crippen molar-refractivity contribution in [2.24, 2.45) is 0 Å². The van der Waals surface area contributed by atoms with Crippen molar-refractivity contribution < 1.29 is 4.79 Å². The Kier molecular flexibility index (Phi) is 5.61. The van der Waals surface area contributed by atoms with E-state index in [9.17, 15) is 4.79 Å². The molecule has 1 fully saturated rings. The highest BCUT2D eigenvalue weighted by Gasteiger charge is 2.28. The molecule has 0 spiro atoms. The van der Waals surface area contributed by atoms with E-state index in [2.05, 4.69) is 33.0 Å². The van der Waals surface area contributed by atoms with E-state index < -0.39 is 0 Å². The highest BCUT2D eigenvalue weighted by atomic mass is 16.2. The zero-order valence-corrected chi connectivity index (χ0v) is 15.7. The molecule has 0 radical (unpaired) electrons. The number of para-hydroxylation sites is 1. The third-order valence-corrected chi connectivity index (χ3v) is 5.10. The number of nitrogens with one attached hydrogen (secondary N) is 1. The minimum atomic E-state index is -0.0145. The number of piperidine rings is 1. The molecule has 0 saturated carbocycles. The van der Waals surface area contributed by atoms with Gasteiger partial charge in [-0.2, -0.15) is 4.68 Å². The van der Waals surface area contributed by atoms with Crippen LogP contribution in [0.5, 0.6) is 0 Å². The average molecular weight is 376 g/mol. The normalized spacial score (nSPS) is 16.7. The van der Waals surface area contributed by atoms with Gasteiger partial charge in [0.25, 0.3) is 0 Å². The third kappa shape index (κ3) is 4.19. The molecule has 144 valence electrons. The van der Waals surface area contributed by atoms with E-state index in [0.29, 0.717) is 13.1 Å². The Bertz CT molecular complexity index is 896. The van der Waals surface area contributed by atoms with Crippen LogP contribution >= 0.6 is 0 Å². The summed E-state index contributed by atoms with van der Waals surface area (Å²) in [5.41, 5.74) is 2.16. The van der Waals surface area contributed by atoms with E-state index in [1.807, 2.05) is 53.4 Å². The smallest absolute Gasteiger partial charge is 0.317 e. The minimum Gasteiger partial charge on any atom is -0.338 e. The topological polar surface area (TPSA) is 75.9 Å². The molecule has 4 rings (SSSR count). The minimum absolute atomic E-state index is 0.0145. The fourth-order valence-corrected chi connectivity index (χ4v) is 3.64. The standard InChI is InChI=1S/C21H24N6O/c28-21(22-14-13-17-8-3-1-4-9-17)26-15-7-10-18(16-26)20-23-24-25-27(20)19-11-5-2-6-12-19/h1-6,8-9,11-12,18H,7,10,13-16H2,(H,22,28). The second-order valence-corrected chi connectivity index (χ2v) is 7.04. The predicted molar refractivity (Wildman–Crippen MR) is 106 cm³/mol. The second-order valence-electron chi connectivity index (χ2n) is 7.04. The summed E-state index contributed by atoms with van der Waals surface area (Å²) in [6.07, 6.45) is 2.75. The predicted octanol–water partition coefficient (Wildman–Crippen LogP) is 2.79. The third-order valence-electron chi connectivity index (χ3n) is 5.10. The van der Waals surface area contributed by atoms with Crippen LogP contribution in [0.25, 0.3) is 5.69 Å². The Morgan fingerprint density at radius 2 is 1.82 bits per heavy atom. The van der Waals surface area contributed by atoms with Gasteiger partial charge in [-0.1, -0.05) is 48.5 Å². The zero-order valence-electron chi connectivity index (χ0n) is 15.7. The van der Waals surface area contributed by atoms with Gasteiger partial charge in [-0.15, -0.1) is 5.10 Å². The number of rotatable bonds is 5. The van der Waals surface area contributed by atoms with Crippen LogP contribution < -0.4 is 5.32 Å². The fraction of sp³-hybridized carbons (Fsp3) is 0.333. The molecule has 1 aliphatic heterocycles. The largest absolute Gasteiger partial charge is 0.338 e. The number of likely N-dealkylation sites (tertiary alicyclic amines) is 1. The van der Waals surface area contributed by atoms with Gasteiger partial charge in [0.2, 0.25) is 0 Å². The molecule has 2 aromatic carbocycles. The molecule has 1 aromatic heterocycles. The number of tetrazole rings is 1. The first-order chi connectivity index (χ1) is 13.8. The number of benzene rings is 2. The lowest BCUT2D eigenvalue weighted by molar-refractivity contribution is 0.178. The molecule has 1 aliphatic rings. The van der Waals surface area contributed by atoms with Crippen molar-refractivity contribution >= 4 is 6.03 Å². The van der Waals surface area contributed by atoms with E-state index in [1.54, 1.807) is 4.68 Å². The maximum Gasteiger partial charge on any atom is 0.317 e. The van der Waals surface area contributed by atoms with Crippen molar-refractivity contribution in [2.75, 3.05) is 19.6 Å². The number of nitrogens with zero attached hydrogens (tertiary/aromatic N) is 5. The summed E-state index contributed by atoms with van der Waals surface area (Å²) >= 11 is 0. The number of amides is 2. The SMILES string of the molecule is O=C(NCCc1ccccc1)N1CCCC(c2nnnn2-c2ccccc2)C1. The molecule has 0 aliphatic carbocycles. The summed E-state index contributed by atoms with van der Waals surface area (Å²) in [4.78, 5) is 14.5. The summed E-state index contributed by atoms with van der Waals surface area (Å²) in [6, 6.07) is 20.0. The Morgan fingerprint density at radius 3 is 2.61 bits per heavy atom. The Morgan fingerprint density at radius 1 is 1.07 bits per heavy atom. The molecule has 0 bridgehead atoms. The first-order valence-electron chi connectivity index (χ1n) is 9.71. The maximum absolute atomic E-state index is 12.6. The molecule has 7 heteroatoms. The number of hydrogen-bond donors (Lipinski definition) is 1. The van der Waals surface area contributed by atoms with Crippen molar-refractivity contribution in [3.05, 3.63) is 72.1 Å². The van der Waals surface area contributed by atoms with Gasteiger partial charge >= 0.3 is 6.03 Å². The van der Waals surface area contributed by atoms with Gasteiger partial charge in [0, 0.05) is 25.6 Å². The van der Waals surface area contributed by atoms with Crippen LogP contribution in [0, 0.1) is 0 Å².